The summed E-state index contributed by atoms with van der Waals surface area (Å²) < 4.78 is 13.5. The van der Waals surface area contributed by atoms with Gasteiger partial charge in [-0.3, -0.25) is 9.79 Å². The highest BCUT2D eigenvalue weighted by Crippen LogP contribution is 2.34. The summed E-state index contributed by atoms with van der Waals surface area (Å²) in [6.45, 7) is 1.74. The number of hydrogen-bond donors (Lipinski definition) is 0. The van der Waals surface area contributed by atoms with Gasteiger partial charge in [0.25, 0.3) is 0 Å². The number of Topliss-reactive ketones (excluding diaryl/α,β-unsaturated/α-hetero) is 1. The van der Waals surface area contributed by atoms with Gasteiger partial charge in [-0.25, -0.2) is 4.39 Å². The fourth-order valence-corrected chi connectivity index (χ4v) is 1.92. The zero-order chi connectivity index (χ0) is 10.3. The first kappa shape index (κ1) is 9.52. The van der Waals surface area contributed by atoms with E-state index in [1.54, 1.807) is 13.1 Å². The van der Waals surface area contributed by atoms with E-state index in [1.807, 2.05) is 0 Å². The van der Waals surface area contributed by atoms with Crippen molar-refractivity contribution < 1.29 is 9.18 Å². The van der Waals surface area contributed by atoms with E-state index in [2.05, 4.69) is 20.9 Å². The number of nitrogens with zero attached hydrogens (tertiary/aromatic N) is 1. The molecule has 14 heavy (non-hydrogen) atoms. The highest BCUT2D eigenvalue weighted by Gasteiger charge is 2.23. The van der Waals surface area contributed by atoms with Gasteiger partial charge in [-0.2, -0.15) is 0 Å². The Kier molecular flexibility index (Phi) is 2.23. The van der Waals surface area contributed by atoms with E-state index in [0.717, 1.165) is 0 Å². The third-order valence-electron chi connectivity index (χ3n) is 2.13. The summed E-state index contributed by atoms with van der Waals surface area (Å²) in [6, 6.07) is 2.54. The largest absolute Gasteiger partial charge is 0.293 e. The van der Waals surface area contributed by atoms with E-state index in [9.17, 15) is 9.18 Å². The molecule has 0 N–H and O–H groups in total. The van der Waals surface area contributed by atoms with Crippen molar-refractivity contribution in [3.8, 4) is 0 Å². The first-order valence-corrected chi connectivity index (χ1v) is 4.96. The number of carbonyl (C=O) groups excluding carboxylic acids is 1. The molecule has 72 valence electrons. The van der Waals surface area contributed by atoms with Crippen molar-refractivity contribution in [2.24, 2.45) is 10.9 Å². The molecule has 1 aromatic carbocycles. The van der Waals surface area contributed by atoms with Crippen LogP contribution in [0.4, 0.5) is 10.1 Å². The van der Waals surface area contributed by atoms with Gasteiger partial charge in [0.05, 0.1) is 11.6 Å². The molecule has 1 unspecified atom stereocenters. The highest BCUT2D eigenvalue weighted by atomic mass is 79.9. The van der Waals surface area contributed by atoms with E-state index < -0.39 is 5.82 Å². The Hall–Kier alpha value is -1.03. The second kappa shape index (κ2) is 3.28. The number of aliphatic imine (C=N–C) groups is 1. The Labute approximate surface area is 89.0 Å². The van der Waals surface area contributed by atoms with Gasteiger partial charge < -0.3 is 0 Å². The maximum atomic E-state index is 13.0. The Morgan fingerprint density at radius 1 is 1.50 bits per heavy atom. The Morgan fingerprint density at radius 3 is 2.93 bits per heavy atom. The second-order valence-corrected chi connectivity index (χ2v) is 4.07. The van der Waals surface area contributed by atoms with Gasteiger partial charge in [0, 0.05) is 16.3 Å². The van der Waals surface area contributed by atoms with Gasteiger partial charge in [0.1, 0.15) is 5.82 Å². The number of benzene rings is 1. The fourth-order valence-electron chi connectivity index (χ4n) is 1.38. The van der Waals surface area contributed by atoms with Gasteiger partial charge in [-0.15, -0.1) is 0 Å². The number of halogens is 2. The molecule has 0 saturated heterocycles. The van der Waals surface area contributed by atoms with Crippen LogP contribution in [0.15, 0.2) is 21.6 Å². The predicted octanol–water partition coefficient (Wildman–Crippen LogP) is 3.12. The van der Waals surface area contributed by atoms with Gasteiger partial charge in [0.15, 0.2) is 5.78 Å². The molecule has 2 nitrogen and oxygen atoms in total. The lowest BCUT2D eigenvalue weighted by Crippen LogP contribution is -2.16. The fraction of sp³-hybridized carbons (Fsp3) is 0.200. The maximum Gasteiger partial charge on any atom is 0.173 e. The van der Waals surface area contributed by atoms with Crippen LogP contribution >= 0.6 is 15.9 Å². The summed E-state index contributed by atoms with van der Waals surface area (Å²) in [5, 5.41) is 0. The van der Waals surface area contributed by atoms with Gasteiger partial charge in [-0.1, -0.05) is 6.92 Å². The predicted molar refractivity (Wildman–Crippen MR) is 55.7 cm³/mol. The van der Waals surface area contributed by atoms with Crippen LogP contribution < -0.4 is 0 Å². The zero-order valence-electron chi connectivity index (χ0n) is 7.42. The molecular weight excluding hydrogens is 249 g/mol. The van der Waals surface area contributed by atoms with Crippen molar-refractivity contribution in [3.63, 3.8) is 0 Å². The second-order valence-electron chi connectivity index (χ2n) is 3.21. The molecule has 0 amide bonds. The Bertz CT molecular complexity index is 442. The van der Waals surface area contributed by atoms with Crippen molar-refractivity contribution in [2.45, 2.75) is 6.92 Å². The van der Waals surface area contributed by atoms with Gasteiger partial charge >= 0.3 is 0 Å². The molecule has 4 heteroatoms. The quantitative estimate of drug-likeness (QED) is 0.701. The molecule has 1 aliphatic heterocycles. The minimum absolute atomic E-state index is 0.0878. The van der Waals surface area contributed by atoms with Gasteiger partial charge in [0.2, 0.25) is 0 Å². The van der Waals surface area contributed by atoms with Crippen LogP contribution in [0.3, 0.4) is 0 Å². The third kappa shape index (κ3) is 1.39. The molecule has 0 spiro atoms. The van der Waals surface area contributed by atoms with Crippen LogP contribution in [0.1, 0.15) is 17.3 Å². The summed E-state index contributed by atoms with van der Waals surface area (Å²) in [4.78, 5) is 15.7. The lowest BCUT2D eigenvalue weighted by atomic mass is 9.96. The molecule has 0 radical (unpaired) electrons. The Balaban J connectivity index is 2.68. The number of rotatable bonds is 0. The minimum Gasteiger partial charge on any atom is -0.293 e. The normalized spacial score (nSPS) is 19.6. The summed E-state index contributed by atoms with van der Waals surface area (Å²) in [5.74, 6) is -0.778. The van der Waals surface area contributed by atoms with Crippen molar-refractivity contribution in [1.82, 2.24) is 0 Å². The first-order chi connectivity index (χ1) is 6.59. The number of fused-ring (bicyclic) bond motifs is 1. The molecule has 1 aromatic rings. The molecule has 0 saturated carbocycles. The average molecular weight is 256 g/mol. The zero-order valence-corrected chi connectivity index (χ0v) is 9.01. The lowest BCUT2D eigenvalue weighted by Gasteiger charge is -2.14. The van der Waals surface area contributed by atoms with Crippen molar-refractivity contribution in [1.29, 1.82) is 0 Å². The van der Waals surface area contributed by atoms with Crippen LogP contribution in [-0.4, -0.2) is 12.0 Å². The monoisotopic (exact) mass is 255 g/mol. The summed E-state index contributed by atoms with van der Waals surface area (Å²) >= 11 is 3.17. The van der Waals surface area contributed by atoms with Crippen LogP contribution in [0.25, 0.3) is 0 Å². The molecular formula is C10H7BrFNO. The first-order valence-electron chi connectivity index (χ1n) is 4.17. The van der Waals surface area contributed by atoms with Crippen LogP contribution in [0.2, 0.25) is 0 Å². The number of carbonyl (C=O) groups is 1. The van der Waals surface area contributed by atoms with E-state index in [0.29, 0.717) is 15.7 Å². The SMILES string of the molecule is CC1C=Nc2c(Br)cc(F)cc2C1=O. The molecule has 0 fully saturated rings. The standard InChI is InChI=1S/C10H7BrFNO/c1-5-4-13-9-7(10(5)14)2-6(12)3-8(9)11/h2-5H,1H3. The van der Waals surface area contributed by atoms with E-state index in [-0.39, 0.29) is 11.7 Å². The van der Waals surface area contributed by atoms with Crippen LogP contribution in [0.5, 0.6) is 0 Å². The van der Waals surface area contributed by atoms with Crippen molar-refractivity contribution in [2.75, 3.05) is 0 Å². The number of hydrogen-bond acceptors (Lipinski definition) is 2. The average Bonchev–Trinajstić information content (AvgIpc) is 2.12. The lowest BCUT2D eigenvalue weighted by molar-refractivity contribution is 0.0962. The third-order valence-corrected chi connectivity index (χ3v) is 2.74. The van der Waals surface area contributed by atoms with Crippen molar-refractivity contribution in [3.05, 3.63) is 28.0 Å². The summed E-state index contributed by atoms with van der Waals surface area (Å²) in [5.41, 5.74) is 0.876. The van der Waals surface area contributed by atoms with Crippen molar-refractivity contribution >= 4 is 33.6 Å². The molecule has 0 aliphatic carbocycles. The topological polar surface area (TPSA) is 29.4 Å². The molecule has 1 aliphatic rings. The molecule has 1 atom stereocenters. The van der Waals surface area contributed by atoms with E-state index in [4.69, 9.17) is 0 Å². The smallest absolute Gasteiger partial charge is 0.173 e. The molecule has 1 heterocycles. The van der Waals surface area contributed by atoms with E-state index >= 15 is 0 Å². The Morgan fingerprint density at radius 2 is 2.21 bits per heavy atom. The number of ketones is 1. The summed E-state index contributed by atoms with van der Waals surface area (Å²) in [6.07, 6.45) is 1.58. The van der Waals surface area contributed by atoms with E-state index in [1.165, 1.54) is 12.1 Å². The maximum absolute atomic E-state index is 13.0. The summed E-state index contributed by atoms with van der Waals surface area (Å²) in [7, 11) is 0. The van der Waals surface area contributed by atoms with Crippen LogP contribution in [0, 0.1) is 11.7 Å². The molecule has 0 bridgehead atoms. The highest BCUT2D eigenvalue weighted by molar-refractivity contribution is 9.10. The minimum atomic E-state index is -0.423. The van der Waals surface area contributed by atoms with Gasteiger partial charge in [-0.05, 0) is 28.1 Å². The molecule has 0 aromatic heterocycles. The molecule has 2 rings (SSSR count). The van der Waals surface area contributed by atoms with Crippen LogP contribution in [-0.2, 0) is 0 Å².